The molecular weight excluding hydrogens is 452 g/mol. The Balaban J connectivity index is 1.98. The summed E-state index contributed by atoms with van der Waals surface area (Å²) >= 11 is 1.60. The predicted molar refractivity (Wildman–Crippen MR) is 152 cm³/mol. The van der Waals surface area contributed by atoms with E-state index in [9.17, 15) is 4.79 Å². The van der Waals surface area contributed by atoms with Crippen LogP contribution in [0.25, 0.3) is 0 Å². The molecule has 0 bridgehead atoms. The molecule has 0 spiro atoms. The van der Waals surface area contributed by atoms with Crippen LogP contribution in [0.15, 0.2) is 29.2 Å². The van der Waals surface area contributed by atoms with E-state index in [-0.39, 0.29) is 11.4 Å². The Labute approximate surface area is 221 Å². The van der Waals surface area contributed by atoms with Crippen LogP contribution in [0.1, 0.15) is 147 Å². The average Bonchev–Trinajstić information content (AvgIpc) is 2.86. The van der Waals surface area contributed by atoms with Crippen LogP contribution in [0.2, 0.25) is 0 Å². The molecular formula is C31H54O3S. The molecule has 1 aromatic rings. The van der Waals surface area contributed by atoms with Crippen molar-refractivity contribution in [3.8, 4) is 0 Å². The number of esters is 1. The van der Waals surface area contributed by atoms with Gasteiger partial charge in [-0.25, -0.2) is 4.79 Å². The van der Waals surface area contributed by atoms with Gasteiger partial charge in [-0.05, 0) is 31.9 Å². The molecule has 1 aromatic carbocycles. The number of carbonyl (C=O) groups excluding carboxylic acids is 1. The quantitative estimate of drug-likeness (QED) is 0.0604. The fourth-order valence-corrected chi connectivity index (χ4v) is 5.19. The van der Waals surface area contributed by atoms with E-state index in [2.05, 4.69) is 20.8 Å². The Bertz CT molecular complexity index is 619. The third-order valence-corrected chi connectivity index (χ3v) is 7.56. The first-order valence-corrected chi connectivity index (χ1v) is 15.6. The van der Waals surface area contributed by atoms with Crippen molar-refractivity contribution in [3.05, 3.63) is 29.8 Å². The molecule has 0 fully saturated rings. The number of carbonyl (C=O) groups is 1. The molecule has 3 nitrogen and oxygen atoms in total. The van der Waals surface area contributed by atoms with Crippen molar-refractivity contribution in [2.75, 3.05) is 13.2 Å². The standard InChI is InChI=1S/C31H54O3S/c1-4-6-8-9-10-11-12-13-14-15-16-17-18-19-20-23-27-33-28(3)35-30-25-22-21-24-29(30)31(32)34-26-7-5-2/h21-22,24-25,28H,4-20,23,26-27H2,1-3H3. The fourth-order valence-electron chi connectivity index (χ4n) is 4.24. The molecule has 202 valence electrons. The van der Waals surface area contributed by atoms with Crippen molar-refractivity contribution in [1.29, 1.82) is 0 Å². The molecule has 0 aliphatic heterocycles. The summed E-state index contributed by atoms with van der Waals surface area (Å²) in [4.78, 5) is 13.3. The zero-order valence-corrected chi connectivity index (χ0v) is 24.0. The van der Waals surface area contributed by atoms with E-state index in [4.69, 9.17) is 9.47 Å². The van der Waals surface area contributed by atoms with Crippen LogP contribution in [0.5, 0.6) is 0 Å². The van der Waals surface area contributed by atoms with Gasteiger partial charge in [0, 0.05) is 11.5 Å². The third kappa shape index (κ3) is 18.0. The first kappa shape index (κ1) is 32.0. The Kier molecular flexibility index (Phi) is 21.4. The molecule has 1 atom stereocenters. The summed E-state index contributed by atoms with van der Waals surface area (Å²) < 4.78 is 11.4. The lowest BCUT2D eigenvalue weighted by molar-refractivity contribution is 0.0495. The molecule has 1 unspecified atom stereocenters. The number of ether oxygens (including phenoxy) is 2. The molecule has 4 heteroatoms. The van der Waals surface area contributed by atoms with E-state index >= 15 is 0 Å². The molecule has 0 amide bonds. The summed E-state index contributed by atoms with van der Waals surface area (Å²) in [5.74, 6) is -0.230. The highest BCUT2D eigenvalue weighted by atomic mass is 32.2. The van der Waals surface area contributed by atoms with Crippen molar-refractivity contribution < 1.29 is 14.3 Å². The monoisotopic (exact) mass is 506 g/mol. The van der Waals surface area contributed by atoms with Gasteiger partial charge in [-0.1, -0.05) is 140 Å². The molecule has 0 aliphatic carbocycles. The number of unbranched alkanes of at least 4 members (excludes halogenated alkanes) is 16. The Morgan fingerprint density at radius 2 is 1.17 bits per heavy atom. The highest BCUT2D eigenvalue weighted by Gasteiger charge is 2.15. The van der Waals surface area contributed by atoms with Crippen LogP contribution < -0.4 is 0 Å². The zero-order chi connectivity index (χ0) is 25.4. The highest BCUT2D eigenvalue weighted by Crippen LogP contribution is 2.28. The van der Waals surface area contributed by atoms with Crippen molar-refractivity contribution >= 4 is 17.7 Å². The van der Waals surface area contributed by atoms with E-state index in [0.29, 0.717) is 12.2 Å². The molecule has 0 aromatic heterocycles. The van der Waals surface area contributed by atoms with Gasteiger partial charge in [0.05, 0.1) is 12.2 Å². The number of thioether (sulfide) groups is 1. The van der Waals surface area contributed by atoms with E-state index in [0.717, 1.165) is 30.8 Å². The maximum Gasteiger partial charge on any atom is 0.339 e. The summed E-state index contributed by atoms with van der Waals surface area (Å²) in [6.07, 6.45) is 24.0. The SMILES string of the molecule is CCCCCCCCCCCCCCCCCCOC(C)Sc1ccccc1C(=O)OCCCC. The fraction of sp³-hybridized carbons (Fsp3) is 0.774. The van der Waals surface area contributed by atoms with E-state index in [1.54, 1.807) is 11.8 Å². The summed E-state index contributed by atoms with van der Waals surface area (Å²) in [7, 11) is 0. The van der Waals surface area contributed by atoms with Crippen LogP contribution in [0.4, 0.5) is 0 Å². The average molecular weight is 507 g/mol. The summed E-state index contributed by atoms with van der Waals surface area (Å²) in [5, 5.41) is 0. The van der Waals surface area contributed by atoms with Crippen LogP contribution >= 0.6 is 11.8 Å². The molecule has 0 aliphatic rings. The lowest BCUT2D eigenvalue weighted by atomic mass is 10.0. The Morgan fingerprint density at radius 1 is 0.686 bits per heavy atom. The molecule has 0 saturated carbocycles. The van der Waals surface area contributed by atoms with Crippen LogP contribution in [0.3, 0.4) is 0 Å². The number of hydrogen-bond acceptors (Lipinski definition) is 4. The maximum absolute atomic E-state index is 12.4. The molecule has 0 N–H and O–H groups in total. The van der Waals surface area contributed by atoms with Gasteiger partial charge in [-0.15, -0.1) is 0 Å². The van der Waals surface area contributed by atoms with Crippen molar-refractivity contribution in [2.24, 2.45) is 0 Å². The first-order valence-electron chi connectivity index (χ1n) is 14.7. The molecule has 0 saturated heterocycles. The zero-order valence-electron chi connectivity index (χ0n) is 23.2. The molecule has 0 radical (unpaired) electrons. The van der Waals surface area contributed by atoms with Gasteiger partial charge in [0.25, 0.3) is 0 Å². The lowest BCUT2D eigenvalue weighted by Crippen LogP contribution is -2.10. The number of hydrogen-bond donors (Lipinski definition) is 0. The Morgan fingerprint density at radius 3 is 1.71 bits per heavy atom. The minimum Gasteiger partial charge on any atom is -0.462 e. The predicted octanol–water partition coefficient (Wildman–Crippen LogP) is 10.4. The van der Waals surface area contributed by atoms with Gasteiger partial charge in [0.1, 0.15) is 5.44 Å². The summed E-state index contributed by atoms with van der Waals surface area (Å²) in [6, 6.07) is 7.69. The van der Waals surface area contributed by atoms with E-state index < -0.39 is 0 Å². The molecule has 0 heterocycles. The second-order valence-corrected chi connectivity index (χ2v) is 11.2. The number of rotatable bonds is 24. The van der Waals surface area contributed by atoms with Gasteiger partial charge < -0.3 is 9.47 Å². The topological polar surface area (TPSA) is 35.5 Å². The van der Waals surface area contributed by atoms with Crippen molar-refractivity contribution in [3.63, 3.8) is 0 Å². The van der Waals surface area contributed by atoms with Crippen molar-refractivity contribution in [1.82, 2.24) is 0 Å². The van der Waals surface area contributed by atoms with Gasteiger partial charge in [-0.3, -0.25) is 0 Å². The minimum atomic E-state index is -0.230. The summed E-state index contributed by atoms with van der Waals surface area (Å²) in [5.41, 5.74) is 0.669. The van der Waals surface area contributed by atoms with Crippen LogP contribution in [0, 0.1) is 0 Å². The number of benzene rings is 1. The summed E-state index contributed by atoms with van der Waals surface area (Å²) in [6.45, 7) is 7.72. The van der Waals surface area contributed by atoms with Gasteiger partial charge in [0.15, 0.2) is 0 Å². The second-order valence-electron chi connectivity index (χ2n) is 9.85. The Hall–Kier alpha value is -1.00. The largest absolute Gasteiger partial charge is 0.462 e. The lowest BCUT2D eigenvalue weighted by Gasteiger charge is -2.15. The van der Waals surface area contributed by atoms with E-state index in [1.807, 2.05) is 24.3 Å². The van der Waals surface area contributed by atoms with Crippen LogP contribution in [-0.2, 0) is 9.47 Å². The highest BCUT2D eigenvalue weighted by molar-refractivity contribution is 7.99. The first-order chi connectivity index (χ1) is 17.2. The van der Waals surface area contributed by atoms with Gasteiger partial charge >= 0.3 is 5.97 Å². The maximum atomic E-state index is 12.4. The second kappa shape index (κ2) is 23.4. The molecule has 1 rings (SSSR count). The van der Waals surface area contributed by atoms with Crippen LogP contribution in [-0.4, -0.2) is 24.6 Å². The van der Waals surface area contributed by atoms with E-state index in [1.165, 1.54) is 96.3 Å². The third-order valence-electron chi connectivity index (χ3n) is 6.48. The minimum absolute atomic E-state index is 0.0240. The normalized spacial score (nSPS) is 12.1. The smallest absolute Gasteiger partial charge is 0.339 e. The van der Waals surface area contributed by atoms with Gasteiger partial charge in [-0.2, -0.15) is 0 Å². The van der Waals surface area contributed by atoms with Crippen molar-refractivity contribution in [2.45, 2.75) is 147 Å². The van der Waals surface area contributed by atoms with Gasteiger partial charge in [0.2, 0.25) is 0 Å². The molecule has 35 heavy (non-hydrogen) atoms.